The fourth-order valence-corrected chi connectivity index (χ4v) is 2.14. The van der Waals surface area contributed by atoms with E-state index in [-0.39, 0.29) is 0 Å². The van der Waals surface area contributed by atoms with Crippen LogP contribution in [0.2, 0.25) is 0 Å². The van der Waals surface area contributed by atoms with Crippen molar-refractivity contribution in [2.24, 2.45) is 0 Å². The number of unbranched alkanes of at least 4 members (excludes halogenated alkanes) is 2. The van der Waals surface area contributed by atoms with Crippen molar-refractivity contribution < 1.29 is 0 Å². The molecule has 0 N–H and O–H groups in total. The van der Waals surface area contributed by atoms with Crippen LogP contribution >= 0.6 is 17.9 Å². The maximum Gasteiger partial charge on any atom is 0.0430 e. The Kier molecular flexibility index (Phi) is 8.73. The SMILES string of the molecule is CCCCCSP=S. The van der Waals surface area contributed by atoms with Gasteiger partial charge < -0.3 is 0 Å². The molecule has 0 rings (SSSR count). The predicted octanol–water partition coefficient (Wildman–Crippen LogP) is 3.23. The Morgan fingerprint density at radius 1 is 1.50 bits per heavy atom. The fourth-order valence-electron chi connectivity index (χ4n) is 0.454. The van der Waals surface area contributed by atoms with Crippen molar-refractivity contribution in [1.29, 1.82) is 0 Å². The highest BCUT2D eigenvalue weighted by Gasteiger charge is 1.83. The maximum atomic E-state index is 4.74. The normalized spacial score (nSPS) is 10.1. The Bertz CT molecular complexity index is 56.4. The second-order valence-electron chi connectivity index (χ2n) is 1.61. The molecular formula is C5H11PS2. The van der Waals surface area contributed by atoms with Crippen LogP contribution in [0.5, 0.6) is 0 Å². The molecule has 0 unspecified atom stereocenters. The van der Waals surface area contributed by atoms with Crippen LogP contribution in [0, 0.1) is 0 Å². The van der Waals surface area contributed by atoms with Gasteiger partial charge in [-0.3, -0.25) is 0 Å². The van der Waals surface area contributed by atoms with E-state index in [2.05, 4.69) is 6.92 Å². The third-order valence-electron chi connectivity index (χ3n) is 0.892. The molecule has 0 aliphatic heterocycles. The minimum absolute atomic E-state index is 1.06. The lowest BCUT2D eigenvalue weighted by molar-refractivity contribution is 0.780. The van der Waals surface area contributed by atoms with Gasteiger partial charge in [0.05, 0.1) is 0 Å². The van der Waals surface area contributed by atoms with Gasteiger partial charge in [-0.2, -0.15) is 0 Å². The van der Waals surface area contributed by atoms with Crippen molar-refractivity contribution in [2.45, 2.75) is 26.2 Å². The summed E-state index contributed by atoms with van der Waals surface area (Å²) in [6.45, 7) is 3.28. The maximum absolute atomic E-state index is 4.74. The van der Waals surface area contributed by atoms with Crippen molar-refractivity contribution in [3.63, 3.8) is 0 Å². The highest BCUT2D eigenvalue weighted by atomic mass is 32.9. The molecule has 8 heavy (non-hydrogen) atoms. The van der Waals surface area contributed by atoms with E-state index in [0.29, 0.717) is 0 Å². The largest absolute Gasteiger partial charge is 0.0907 e. The van der Waals surface area contributed by atoms with Gasteiger partial charge in [0, 0.05) is 12.3 Å². The number of hydrogen-bond acceptors (Lipinski definition) is 2. The molecule has 0 aromatic heterocycles. The van der Waals surface area contributed by atoms with Crippen LogP contribution in [-0.2, 0) is 11.8 Å². The Morgan fingerprint density at radius 3 is 2.75 bits per heavy atom. The number of rotatable bonds is 5. The van der Waals surface area contributed by atoms with Crippen molar-refractivity contribution in [1.82, 2.24) is 0 Å². The molecule has 0 atom stereocenters. The van der Waals surface area contributed by atoms with Crippen molar-refractivity contribution >= 4 is 29.7 Å². The van der Waals surface area contributed by atoms with E-state index in [1.165, 1.54) is 25.0 Å². The first-order valence-corrected chi connectivity index (χ1v) is 6.36. The summed E-state index contributed by atoms with van der Waals surface area (Å²) in [6.07, 6.45) is 4.01. The summed E-state index contributed by atoms with van der Waals surface area (Å²) in [5, 5.41) is 0. The zero-order valence-corrected chi connectivity index (χ0v) is 7.62. The fraction of sp³-hybridized carbons (Fsp3) is 1.00. The Balaban J connectivity index is 2.62. The quantitative estimate of drug-likeness (QED) is 0.454. The van der Waals surface area contributed by atoms with Crippen LogP contribution in [0.3, 0.4) is 0 Å². The third-order valence-corrected chi connectivity index (χ3v) is 3.28. The highest BCUT2D eigenvalue weighted by Crippen LogP contribution is 2.18. The minimum Gasteiger partial charge on any atom is -0.0907 e. The van der Waals surface area contributed by atoms with Gasteiger partial charge in [0.2, 0.25) is 0 Å². The Morgan fingerprint density at radius 2 is 2.25 bits per heavy atom. The van der Waals surface area contributed by atoms with Gasteiger partial charge in [0.15, 0.2) is 0 Å². The summed E-state index contributed by atoms with van der Waals surface area (Å²) in [5.74, 6) is 1.25. The molecule has 0 aromatic carbocycles. The Labute approximate surface area is 62.0 Å². The molecule has 0 nitrogen and oxygen atoms in total. The molecule has 0 aliphatic rings. The summed E-state index contributed by atoms with van der Waals surface area (Å²) < 4.78 is 0. The number of hydrogen-bond donors (Lipinski definition) is 0. The standard InChI is InChI=1S/C5H11PS2/c1-2-3-4-5-8-6-7/h2-5H2,1H3. The minimum atomic E-state index is 1.06. The monoisotopic (exact) mass is 166 g/mol. The highest BCUT2D eigenvalue weighted by molar-refractivity contribution is 8.57. The van der Waals surface area contributed by atoms with Gasteiger partial charge in [0.1, 0.15) is 0 Å². The molecule has 0 aromatic rings. The molecule has 0 heterocycles. The third kappa shape index (κ3) is 6.87. The molecule has 0 saturated heterocycles. The first kappa shape index (κ1) is 8.87. The molecule has 0 spiro atoms. The molecular weight excluding hydrogens is 155 g/mol. The van der Waals surface area contributed by atoms with Crippen molar-refractivity contribution in [2.75, 3.05) is 5.75 Å². The predicted molar refractivity (Wildman–Crippen MR) is 46.3 cm³/mol. The van der Waals surface area contributed by atoms with Crippen LogP contribution in [0.4, 0.5) is 0 Å². The lowest BCUT2D eigenvalue weighted by atomic mass is 10.3. The molecule has 48 valence electrons. The van der Waals surface area contributed by atoms with Crippen LogP contribution in [0.15, 0.2) is 0 Å². The van der Waals surface area contributed by atoms with E-state index in [0.717, 1.165) is 6.56 Å². The van der Waals surface area contributed by atoms with E-state index >= 15 is 0 Å². The second kappa shape index (κ2) is 7.87. The molecule has 0 amide bonds. The molecule has 3 heteroatoms. The first-order valence-electron chi connectivity index (χ1n) is 2.86. The summed E-state index contributed by atoms with van der Waals surface area (Å²) in [5.41, 5.74) is 0. The van der Waals surface area contributed by atoms with E-state index in [4.69, 9.17) is 11.8 Å². The van der Waals surface area contributed by atoms with Gasteiger partial charge >= 0.3 is 0 Å². The summed E-state index contributed by atoms with van der Waals surface area (Å²) in [6, 6.07) is 0. The molecule has 0 saturated carbocycles. The van der Waals surface area contributed by atoms with Crippen LogP contribution < -0.4 is 0 Å². The lowest BCUT2D eigenvalue weighted by Crippen LogP contribution is -1.73. The van der Waals surface area contributed by atoms with E-state index in [1.54, 1.807) is 0 Å². The lowest BCUT2D eigenvalue weighted by Gasteiger charge is -1.90. The van der Waals surface area contributed by atoms with Gasteiger partial charge in [-0.05, 0) is 18.2 Å². The Hall–Kier alpha value is 0.870. The van der Waals surface area contributed by atoms with E-state index in [9.17, 15) is 0 Å². The molecule has 0 aliphatic carbocycles. The van der Waals surface area contributed by atoms with E-state index in [1.807, 2.05) is 11.4 Å². The van der Waals surface area contributed by atoms with Crippen molar-refractivity contribution in [3.05, 3.63) is 0 Å². The van der Waals surface area contributed by atoms with Gasteiger partial charge in [-0.15, -0.1) is 0 Å². The van der Waals surface area contributed by atoms with E-state index < -0.39 is 0 Å². The van der Waals surface area contributed by atoms with Gasteiger partial charge in [-0.1, -0.05) is 31.1 Å². The molecule has 0 radical (unpaired) electrons. The van der Waals surface area contributed by atoms with Crippen molar-refractivity contribution in [3.8, 4) is 0 Å². The topological polar surface area (TPSA) is 0 Å². The zero-order valence-electron chi connectivity index (χ0n) is 5.09. The zero-order chi connectivity index (χ0) is 6.24. The summed E-state index contributed by atoms with van der Waals surface area (Å²) >= 11 is 6.57. The van der Waals surface area contributed by atoms with Gasteiger partial charge in [0.25, 0.3) is 0 Å². The first-order chi connectivity index (χ1) is 3.91. The van der Waals surface area contributed by atoms with Gasteiger partial charge in [-0.25, -0.2) is 0 Å². The van der Waals surface area contributed by atoms with Crippen LogP contribution in [-0.4, -0.2) is 5.75 Å². The van der Waals surface area contributed by atoms with Crippen LogP contribution in [0.1, 0.15) is 26.2 Å². The molecule has 0 fully saturated rings. The average Bonchev–Trinajstić information content (AvgIpc) is 1.81. The van der Waals surface area contributed by atoms with Crippen LogP contribution in [0.25, 0.3) is 0 Å². The second-order valence-corrected chi connectivity index (χ2v) is 4.99. The average molecular weight is 166 g/mol. The molecule has 0 bridgehead atoms. The summed E-state index contributed by atoms with van der Waals surface area (Å²) in [4.78, 5) is 0. The summed E-state index contributed by atoms with van der Waals surface area (Å²) in [7, 11) is 0. The smallest absolute Gasteiger partial charge is 0.0430 e.